The topological polar surface area (TPSA) is 47.1 Å². The number of ether oxygens (including phenoxy) is 2. The van der Waals surface area contributed by atoms with Crippen molar-refractivity contribution in [2.75, 3.05) is 13.2 Å². The Morgan fingerprint density at radius 2 is 1.95 bits per heavy atom. The smallest absolute Gasteiger partial charge is 0.163 e. The van der Waals surface area contributed by atoms with E-state index in [1.54, 1.807) is 0 Å². The van der Waals surface area contributed by atoms with Crippen molar-refractivity contribution in [2.45, 2.75) is 39.0 Å². The minimum Gasteiger partial charge on any atom is -0.486 e. The predicted molar refractivity (Wildman–Crippen MR) is 77.5 cm³/mol. The van der Waals surface area contributed by atoms with Gasteiger partial charge in [0.2, 0.25) is 0 Å². The lowest BCUT2D eigenvalue weighted by molar-refractivity contribution is 0.172. The van der Waals surface area contributed by atoms with E-state index in [1.807, 2.05) is 12.1 Å². The molecular weight excluding hydrogens is 252 g/mol. The number of imidazole rings is 1. The normalized spacial score (nSPS) is 24.2. The number of nitrogens with zero attached hydrogens (tertiary/aromatic N) is 1. The highest BCUT2D eigenvalue weighted by molar-refractivity contribution is 5.80. The van der Waals surface area contributed by atoms with Crippen LogP contribution in [0.15, 0.2) is 12.1 Å². The Labute approximate surface area is 118 Å². The molecule has 20 heavy (non-hydrogen) atoms. The second kappa shape index (κ2) is 4.14. The van der Waals surface area contributed by atoms with Crippen LogP contribution in [0.25, 0.3) is 11.0 Å². The molecule has 0 amide bonds. The first kappa shape index (κ1) is 12.1. The van der Waals surface area contributed by atoms with Crippen LogP contribution >= 0.6 is 0 Å². The monoisotopic (exact) mass is 272 g/mol. The number of aromatic nitrogens is 2. The van der Waals surface area contributed by atoms with E-state index in [-0.39, 0.29) is 0 Å². The van der Waals surface area contributed by atoms with Gasteiger partial charge < -0.3 is 14.5 Å². The van der Waals surface area contributed by atoms with Crippen molar-refractivity contribution < 1.29 is 9.47 Å². The molecule has 4 nitrogen and oxygen atoms in total. The first-order valence-electron chi connectivity index (χ1n) is 7.43. The lowest BCUT2D eigenvalue weighted by Gasteiger charge is -2.24. The van der Waals surface area contributed by atoms with Crippen molar-refractivity contribution in [1.29, 1.82) is 0 Å². The van der Waals surface area contributed by atoms with E-state index in [0.29, 0.717) is 24.5 Å². The summed E-state index contributed by atoms with van der Waals surface area (Å²) in [5.74, 6) is 3.27. The number of rotatable bonds is 1. The fourth-order valence-electron chi connectivity index (χ4n) is 3.57. The van der Waals surface area contributed by atoms with Crippen LogP contribution < -0.4 is 9.47 Å². The third-order valence-electron chi connectivity index (χ3n) is 4.75. The van der Waals surface area contributed by atoms with Gasteiger partial charge in [0.1, 0.15) is 19.0 Å². The minimum absolute atomic E-state index is 0.334. The summed E-state index contributed by atoms with van der Waals surface area (Å²) in [6.07, 6.45) is 3.79. The molecule has 1 aliphatic carbocycles. The lowest BCUT2D eigenvalue weighted by atomic mass is 9.81. The molecule has 1 fully saturated rings. The Balaban J connectivity index is 1.79. The molecule has 1 aromatic carbocycles. The summed E-state index contributed by atoms with van der Waals surface area (Å²) >= 11 is 0. The fourth-order valence-corrected chi connectivity index (χ4v) is 3.57. The molecule has 4 heteroatoms. The van der Waals surface area contributed by atoms with Gasteiger partial charge in [0.05, 0.1) is 11.0 Å². The van der Waals surface area contributed by atoms with Gasteiger partial charge in [-0.2, -0.15) is 0 Å². The molecular formula is C16H20N2O2. The van der Waals surface area contributed by atoms with Crippen LogP contribution in [0.5, 0.6) is 11.5 Å². The van der Waals surface area contributed by atoms with Crippen LogP contribution in [-0.4, -0.2) is 23.2 Å². The largest absolute Gasteiger partial charge is 0.486 e. The number of hydrogen-bond acceptors (Lipinski definition) is 3. The molecule has 2 aliphatic rings. The summed E-state index contributed by atoms with van der Waals surface area (Å²) in [5, 5.41) is 0. The molecule has 1 aliphatic heterocycles. The Kier molecular flexibility index (Phi) is 2.50. The standard InChI is InChI=1S/C16H20N2O2/c1-16(2)5-3-4-10(16)15-17-11-8-13-14(9-12(11)18-15)20-7-6-19-13/h8-10H,3-7H2,1-2H3,(H,17,18). The minimum atomic E-state index is 0.334. The van der Waals surface area contributed by atoms with Crippen LogP contribution in [0.3, 0.4) is 0 Å². The fraction of sp³-hybridized carbons (Fsp3) is 0.562. The number of fused-ring (bicyclic) bond motifs is 2. The zero-order valence-corrected chi connectivity index (χ0v) is 12.0. The van der Waals surface area contributed by atoms with Gasteiger partial charge in [0.15, 0.2) is 11.5 Å². The Bertz CT molecular complexity index is 617. The molecule has 1 aromatic heterocycles. The first-order chi connectivity index (χ1) is 9.63. The maximum Gasteiger partial charge on any atom is 0.163 e. The first-order valence-corrected chi connectivity index (χ1v) is 7.43. The Morgan fingerprint density at radius 3 is 2.65 bits per heavy atom. The van der Waals surface area contributed by atoms with Crippen LogP contribution in [-0.2, 0) is 0 Å². The highest BCUT2D eigenvalue weighted by Gasteiger charge is 2.37. The summed E-state index contributed by atoms with van der Waals surface area (Å²) in [6, 6.07) is 4.01. The number of hydrogen-bond donors (Lipinski definition) is 1. The number of H-pyrrole nitrogens is 1. The number of benzene rings is 1. The molecule has 1 saturated carbocycles. The average Bonchev–Trinajstić information content (AvgIpc) is 2.97. The third kappa shape index (κ3) is 1.78. The molecule has 1 N–H and O–H groups in total. The summed E-state index contributed by atoms with van der Waals surface area (Å²) in [4.78, 5) is 8.30. The molecule has 0 radical (unpaired) electrons. The Hall–Kier alpha value is -1.71. The SMILES string of the molecule is CC1(C)CCCC1c1nc2cc3c(cc2[nH]1)OCCO3. The van der Waals surface area contributed by atoms with Crippen molar-refractivity contribution in [1.82, 2.24) is 9.97 Å². The third-order valence-corrected chi connectivity index (χ3v) is 4.75. The van der Waals surface area contributed by atoms with E-state index in [1.165, 1.54) is 19.3 Å². The zero-order valence-electron chi connectivity index (χ0n) is 12.0. The van der Waals surface area contributed by atoms with E-state index >= 15 is 0 Å². The molecule has 1 atom stereocenters. The van der Waals surface area contributed by atoms with Gasteiger partial charge >= 0.3 is 0 Å². The van der Waals surface area contributed by atoms with E-state index in [0.717, 1.165) is 28.4 Å². The number of nitrogens with one attached hydrogen (secondary N) is 1. The second-order valence-corrected chi connectivity index (χ2v) is 6.57. The Morgan fingerprint density at radius 1 is 1.20 bits per heavy atom. The van der Waals surface area contributed by atoms with Gasteiger partial charge in [-0.25, -0.2) is 4.98 Å². The van der Waals surface area contributed by atoms with E-state index < -0.39 is 0 Å². The van der Waals surface area contributed by atoms with Crippen molar-refractivity contribution in [3.8, 4) is 11.5 Å². The van der Waals surface area contributed by atoms with Crippen LogP contribution in [0.4, 0.5) is 0 Å². The molecule has 1 unspecified atom stereocenters. The van der Waals surface area contributed by atoms with Crippen molar-refractivity contribution in [3.63, 3.8) is 0 Å². The molecule has 106 valence electrons. The zero-order chi connectivity index (χ0) is 13.7. The van der Waals surface area contributed by atoms with Gasteiger partial charge in [-0.3, -0.25) is 0 Å². The maximum atomic E-state index is 5.63. The van der Waals surface area contributed by atoms with Gasteiger partial charge in [0.25, 0.3) is 0 Å². The van der Waals surface area contributed by atoms with E-state index in [9.17, 15) is 0 Å². The van der Waals surface area contributed by atoms with Gasteiger partial charge in [-0.15, -0.1) is 0 Å². The highest BCUT2D eigenvalue weighted by atomic mass is 16.6. The molecule has 0 spiro atoms. The quantitative estimate of drug-likeness (QED) is 0.862. The molecule has 4 rings (SSSR count). The molecule has 2 heterocycles. The van der Waals surface area contributed by atoms with Crippen molar-refractivity contribution >= 4 is 11.0 Å². The highest BCUT2D eigenvalue weighted by Crippen LogP contribution is 2.48. The van der Waals surface area contributed by atoms with E-state index in [2.05, 4.69) is 18.8 Å². The second-order valence-electron chi connectivity index (χ2n) is 6.57. The van der Waals surface area contributed by atoms with Crippen molar-refractivity contribution in [2.24, 2.45) is 5.41 Å². The molecule has 0 saturated heterocycles. The van der Waals surface area contributed by atoms with Gasteiger partial charge in [0, 0.05) is 18.1 Å². The van der Waals surface area contributed by atoms with Crippen molar-refractivity contribution in [3.05, 3.63) is 18.0 Å². The lowest BCUT2D eigenvalue weighted by Crippen LogP contribution is -2.16. The maximum absolute atomic E-state index is 5.63. The predicted octanol–water partition coefficient (Wildman–Crippen LogP) is 3.63. The average molecular weight is 272 g/mol. The molecule has 2 aromatic rings. The summed E-state index contributed by atoms with van der Waals surface area (Å²) in [5.41, 5.74) is 2.36. The van der Waals surface area contributed by atoms with Crippen LogP contribution in [0.2, 0.25) is 0 Å². The van der Waals surface area contributed by atoms with Gasteiger partial charge in [-0.1, -0.05) is 20.3 Å². The van der Waals surface area contributed by atoms with Crippen LogP contribution in [0, 0.1) is 5.41 Å². The van der Waals surface area contributed by atoms with Crippen LogP contribution in [0.1, 0.15) is 44.9 Å². The summed E-state index contributed by atoms with van der Waals surface area (Å²) in [6.45, 7) is 5.92. The summed E-state index contributed by atoms with van der Waals surface area (Å²) < 4.78 is 11.3. The van der Waals surface area contributed by atoms with E-state index in [4.69, 9.17) is 14.5 Å². The summed E-state index contributed by atoms with van der Waals surface area (Å²) in [7, 11) is 0. The molecule has 0 bridgehead atoms. The number of aromatic amines is 1. The van der Waals surface area contributed by atoms with Gasteiger partial charge in [-0.05, 0) is 18.3 Å².